The summed E-state index contributed by atoms with van der Waals surface area (Å²) in [6.07, 6.45) is 5.84. The van der Waals surface area contributed by atoms with Gasteiger partial charge in [0.2, 0.25) is 10.0 Å². The van der Waals surface area contributed by atoms with Crippen molar-refractivity contribution >= 4 is 28.3 Å². The van der Waals surface area contributed by atoms with Gasteiger partial charge in [-0.1, -0.05) is 0 Å². The largest absolute Gasteiger partial charge is 0.494 e. The van der Waals surface area contributed by atoms with Gasteiger partial charge in [0, 0.05) is 26.0 Å². The van der Waals surface area contributed by atoms with Crippen LogP contribution in [0.15, 0.2) is 53.7 Å². The lowest BCUT2D eigenvalue weighted by Crippen LogP contribution is -2.53. The molecule has 2 aromatic rings. The summed E-state index contributed by atoms with van der Waals surface area (Å²) in [6.45, 7) is 2.26. The molecule has 1 aliphatic rings. The molecule has 2 N–H and O–H groups in total. The zero-order chi connectivity index (χ0) is 23.8. The molecule has 1 aliphatic carbocycles. The van der Waals surface area contributed by atoms with Crippen molar-refractivity contribution in [3.63, 3.8) is 0 Å². The zero-order valence-corrected chi connectivity index (χ0v) is 20.9. The number of methoxy groups -OCH3 is 1. The van der Waals surface area contributed by atoms with E-state index in [1.807, 2.05) is 6.92 Å². The number of hydrogen-bond donors (Lipinski definition) is 2. The molecule has 1 aromatic carbocycles. The standard InChI is InChI=1S/C23H31N3O6S.ClH/c1-3-32-20-8-10-21(11-9-20)33(29,30)26(16-17-12-14-24-15-13-17)22(23(27)25-28)18-4-6-19(31-2)7-5-18;/h8-15,18-19,22,28H,3-7,16H2,1-2H3,(H,25,27);1H/t18-,19-,22?;. The van der Waals surface area contributed by atoms with Crippen LogP contribution in [-0.2, 0) is 26.1 Å². The predicted molar refractivity (Wildman–Crippen MR) is 128 cm³/mol. The first kappa shape index (κ1) is 28.0. The molecular formula is C23H32ClN3O6S. The van der Waals surface area contributed by atoms with Crippen molar-refractivity contribution in [3.8, 4) is 5.75 Å². The molecule has 1 atom stereocenters. The van der Waals surface area contributed by atoms with Crippen molar-refractivity contribution < 1.29 is 27.9 Å². The Balaban J connectivity index is 0.00000408. The Morgan fingerprint density at radius 1 is 1.15 bits per heavy atom. The molecule has 3 rings (SSSR count). The van der Waals surface area contributed by atoms with Crippen LogP contribution < -0.4 is 10.2 Å². The second-order valence-corrected chi connectivity index (χ2v) is 9.89. The number of carbonyl (C=O) groups is 1. The summed E-state index contributed by atoms with van der Waals surface area (Å²) in [5, 5.41) is 9.51. The molecule has 1 amide bonds. The number of sulfonamides is 1. The lowest BCUT2D eigenvalue weighted by molar-refractivity contribution is -0.136. The molecule has 0 spiro atoms. The number of carbonyl (C=O) groups excluding carboxylic acids is 1. The van der Waals surface area contributed by atoms with Crippen molar-refractivity contribution in [2.45, 2.75) is 56.2 Å². The molecule has 0 saturated heterocycles. The van der Waals surface area contributed by atoms with Crippen LogP contribution in [0.4, 0.5) is 0 Å². The first-order valence-electron chi connectivity index (χ1n) is 11.0. The summed E-state index contributed by atoms with van der Waals surface area (Å²) >= 11 is 0. The summed E-state index contributed by atoms with van der Waals surface area (Å²) in [4.78, 5) is 16.9. The number of pyridine rings is 1. The van der Waals surface area contributed by atoms with Crippen LogP contribution in [0.2, 0.25) is 0 Å². The number of halogens is 1. The number of hydrogen-bond acceptors (Lipinski definition) is 7. The number of hydroxylamine groups is 1. The number of amides is 1. The average Bonchev–Trinajstić information content (AvgIpc) is 2.85. The van der Waals surface area contributed by atoms with Crippen molar-refractivity contribution in [3.05, 3.63) is 54.4 Å². The average molecular weight is 514 g/mol. The topological polar surface area (TPSA) is 118 Å². The molecule has 11 heteroatoms. The number of nitrogens with zero attached hydrogens (tertiary/aromatic N) is 2. The molecule has 1 fully saturated rings. The van der Waals surface area contributed by atoms with Gasteiger partial charge in [-0.15, -0.1) is 12.4 Å². The van der Waals surface area contributed by atoms with E-state index in [4.69, 9.17) is 9.47 Å². The van der Waals surface area contributed by atoms with E-state index < -0.39 is 22.0 Å². The summed E-state index contributed by atoms with van der Waals surface area (Å²) in [5.41, 5.74) is 2.38. The minimum atomic E-state index is -4.10. The highest BCUT2D eigenvalue weighted by molar-refractivity contribution is 7.89. The van der Waals surface area contributed by atoms with Crippen molar-refractivity contribution in [1.82, 2.24) is 14.8 Å². The van der Waals surface area contributed by atoms with E-state index in [2.05, 4.69) is 4.98 Å². The van der Waals surface area contributed by atoms with Crippen LogP contribution in [0.5, 0.6) is 5.75 Å². The highest BCUT2D eigenvalue weighted by atomic mass is 35.5. The number of rotatable bonds is 10. The fraction of sp³-hybridized carbons (Fsp3) is 0.478. The van der Waals surface area contributed by atoms with E-state index in [0.717, 1.165) is 0 Å². The van der Waals surface area contributed by atoms with Gasteiger partial charge in [-0.05, 0) is 80.5 Å². The highest BCUT2D eigenvalue weighted by Gasteiger charge is 2.42. The SMILES string of the molecule is CCOc1ccc(S(=O)(=O)N(Cc2ccncc2)C(C(=O)NO)[C@H]2CC[C@H](OC)CC2)cc1.Cl. The van der Waals surface area contributed by atoms with Crippen LogP contribution in [0.1, 0.15) is 38.2 Å². The maximum Gasteiger partial charge on any atom is 0.262 e. The first-order chi connectivity index (χ1) is 15.9. The number of nitrogens with one attached hydrogen (secondary N) is 1. The molecule has 34 heavy (non-hydrogen) atoms. The fourth-order valence-corrected chi connectivity index (χ4v) is 5.93. The first-order valence-corrected chi connectivity index (χ1v) is 12.4. The van der Waals surface area contributed by atoms with Crippen LogP contribution in [-0.4, -0.2) is 54.7 Å². The van der Waals surface area contributed by atoms with Gasteiger partial charge in [-0.2, -0.15) is 4.31 Å². The second kappa shape index (κ2) is 13.0. The Bertz CT molecular complexity index is 999. The third-order valence-corrected chi connectivity index (χ3v) is 7.86. The normalized spacial score (nSPS) is 19.2. The van der Waals surface area contributed by atoms with E-state index in [1.165, 1.54) is 16.4 Å². The Morgan fingerprint density at radius 2 is 1.76 bits per heavy atom. The molecule has 1 unspecified atom stereocenters. The summed E-state index contributed by atoms with van der Waals surface area (Å²) in [6, 6.07) is 8.44. The predicted octanol–water partition coefficient (Wildman–Crippen LogP) is 3.17. The molecule has 0 bridgehead atoms. The van der Waals surface area contributed by atoms with Gasteiger partial charge < -0.3 is 9.47 Å². The molecule has 0 aliphatic heterocycles. The third kappa shape index (κ3) is 6.67. The minimum absolute atomic E-state index is 0. The maximum atomic E-state index is 13.8. The lowest BCUT2D eigenvalue weighted by atomic mass is 9.82. The molecular weight excluding hydrogens is 482 g/mol. The molecule has 1 heterocycles. The van der Waals surface area contributed by atoms with Crippen molar-refractivity contribution in [2.24, 2.45) is 5.92 Å². The Kier molecular flexibility index (Phi) is 10.7. The van der Waals surface area contributed by atoms with Gasteiger partial charge in [0.25, 0.3) is 5.91 Å². The van der Waals surface area contributed by atoms with E-state index in [9.17, 15) is 18.4 Å². The molecule has 188 valence electrons. The number of ether oxygens (including phenoxy) is 2. The molecule has 1 saturated carbocycles. The Hall–Kier alpha value is -2.24. The molecule has 9 nitrogen and oxygen atoms in total. The van der Waals surface area contributed by atoms with Crippen molar-refractivity contribution in [2.75, 3.05) is 13.7 Å². The van der Waals surface area contributed by atoms with Gasteiger partial charge in [-0.25, -0.2) is 13.9 Å². The van der Waals surface area contributed by atoms with E-state index in [0.29, 0.717) is 43.6 Å². The van der Waals surface area contributed by atoms with Crippen LogP contribution in [0.3, 0.4) is 0 Å². The van der Waals surface area contributed by atoms with Gasteiger partial charge in [0.1, 0.15) is 11.8 Å². The van der Waals surface area contributed by atoms with E-state index in [-0.39, 0.29) is 35.9 Å². The van der Waals surface area contributed by atoms with Gasteiger partial charge >= 0.3 is 0 Å². The lowest BCUT2D eigenvalue weighted by Gasteiger charge is -2.38. The third-order valence-electron chi connectivity index (χ3n) is 6.02. The molecule has 1 aromatic heterocycles. The smallest absolute Gasteiger partial charge is 0.262 e. The van der Waals surface area contributed by atoms with E-state index >= 15 is 0 Å². The monoisotopic (exact) mass is 513 g/mol. The van der Waals surface area contributed by atoms with Gasteiger partial charge in [0.05, 0.1) is 17.6 Å². The minimum Gasteiger partial charge on any atom is -0.494 e. The van der Waals surface area contributed by atoms with E-state index in [1.54, 1.807) is 49.2 Å². The van der Waals surface area contributed by atoms with Crippen LogP contribution >= 0.6 is 12.4 Å². The highest BCUT2D eigenvalue weighted by Crippen LogP contribution is 2.34. The summed E-state index contributed by atoms with van der Waals surface area (Å²) in [5.74, 6) is -0.470. The van der Waals surface area contributed by atoms with Crippen LogP contribution in [0.25, 0.3) is 0 Å². The summed E-state index contributed by atoms with van der Waals surface area (Å²) < 4.78 is 39.7. The fourth-order valence-electron chi connectivity index (χ4n) is 4.30. The number of benzene rings is 1. The quantitative estimate of drug-likeness (QED) is 0.370. The Morgan fingerprint density at radius 3 is 2.29 bits per heavy atom. The maximum absolute atomic E-state index is 13.8. The van der Waals surface area contributed by atoms with Gasteiger partial charge in [-0.3, -0.25) is 15.0 Å². The number of aromatic nitrogens is 1. The Labute approximate surface area is 206 Å². The summed E-state index contributed by atoms with van der Waals surface area (Å²) in [7, 11) is -2.45. The molecule has 0 radical (unpaired) electrons. The van der Waals surface area contributed by atoms with Crippen molar-refractivity contribution in [1.29, 1.82) is 0 Å². The second-order valence-electron chi connectivity index (χ2n) is 8.00. The van der Waals surface area contributed by atoms with Gasteiger partial charge in [0.15, 0.2) is 0 Å². The van der Waals surface area contributed by atoms with Crippen LogP contribution in [0, 0.1) is 5.92 Å². The zero-order valence-electron chi connectivity index (χ0n) is 19.3.